The van der Waals surface area contributed by atoms with Gasteiger partial charge in [-0.1, -0.05) is 31.5 Å². The number of hydrogen-bond acceptors (Lipinski definition) is 6. The van der Waals surface area contributed by atoms with Gasteiger partial charge in [-0.05, 0) is 43.2 Å². The third-order valence-electron chi connectivity index (χ3n) is 7.74. The van der Waals surface area contributed by atoms with Crippen LogP contribution in [0.4, 0.5) is 5.69 Å². The minimum absolute atomic E-state index is 0.0109. The summed E-state index contributed by atoms with van der Waals surface area (Å²) in [5, 5.41) is 3.08. The second kappa shape index (κ2) is 8.70. The first-order chi connectivity index (χ1) is 15.4. The lowest BCUT2D eigenvalue weighted by Gasteiger charge is -2.50. The first-order valence-electron chi connectivity index (χ1n) is 11.4. The lowest BCUT2D eigenvalue weighted by Crippen LogP contribution is -2.58. The molecule has 0 aromatic heterocycles. The summed E-state index contributed by atoms with van der Waals surface area (Å²) < 4.78 is 10.4. The number of Topliss-reactive ketones (excluding diaryl/α,β-unsaturated/α-hetero) is 1. The van der Waals surface area contributed by atoms with Crippen LogP contribution in [0.25, 0.3) is 0 Å². The van der Waals surface area contributed by atoms with Gasteiger partial charge in [-0.2, -0.15) is 0 Å². The highest BCUT2D eigenvalue weighted by Crippen LogP contribution is 2.55. The molecule has 32 heavy (non-hydrogen) atoms. The summed E-state index contributed by atoms with van der Waals surface area (Å²) in [6, 6.07) is 7.70. The maximum atomic E-state index is 13.4. The van der Waals surface area contributed by atoms with Crippen molar-refractivity contribution in [2.75, 3.05) is 26.1 Å². The van der Waals surface area contributed by atoms with Crippen molar-refractivity contribution >= 4 is 23.3 Å². The van der Waals surface area contributed by atoms with Crippen LogP contribution >= 0.6 is 0 Å². The van der Waals surface area contributed by atoms with Crippen molar-refractivity contribution in [2.24, 2.45) is 11.8 Å². The molecule has 0 aliphatic carbocycles. The van der Waals surface area contributed by atoms with Crippen molar-refractivity contribution in [1.82, 2.24) is 4.90 Å². The molecular formula is C25H32N2O5. The third kappa shape index (κ3) is 3.34. The number of para-hydroxylation sites is 1. The van der Waals surface area contributed by atoms with Crippen molar-refractivity contribution < 1.29 is 23.9 Å². The molecule has 0 saturated carbocycles. The number of anilines is 1. The molecule has 1 N–H and O–H groups in total. The molecule has 7 heteroatoms. The maximum Gasteiger partial charge on any atom is 0.337 e. The second-order valence-corrected chi connectivity index (χ2v) is 9.16. The summed E-state index contributed by atoms with van der Waals surface area (Å²) in [5.74, 6) is -0.398. The Morgan fingerprint density at radius 1 is 1.28 bits per heavy atom. The Hall–Kier alpha value is -2.67. The highest BCUT2D eigenvalue weighted by molar-refractivity contribution is 6.07. The predicted molar refractivity (Wildman–Crippen MR) is 120 cm³/mol. The Morgan fingerprint density at radius 3 is 2.69 bits per heavy atom. The van der Waals surface area contributed by atoms with Gasteiger partial charge in [-0.3, -0.25) is 14.5 Å². The summed E-state index contributed by atoms with van der Waals surface area (Å²) >= 11 is 0. The standard InChI is InChI=1S/C25H32N2O5/c1-5-16-17(18(14-31-3)23(29)32-4)13-22-25(10-11-27(22)21(16)12-15(2)28)19-8-6-7-9-20(19)26-24(25)30/h6-9,14,16-17,21-22H,5,10-13H2,1-4H3,(H,26,30)/b18-14-/t16-,17+,21+,22+,25-/m1/s1. The van der Waals surface area contributed by atoms with E-state index >= 15 is 0 Å². The first-order valence-corrected chi connectivity index (χ1v) is 11.4. The van der Waals surface area contributed by atoms with E-state index in [4.69, 9.17) is 9.47 Å². The van der Waals surface area contributed by atoms with Gasteiger partial charge in [0.25, 0.3) is 0 Å². The highest BCUT2D eigenvalue weighted by Gasteiger charge is 2.62. The number of nitrogens with zero attached hydrogens (tertiary/aromatic N) is 1. The smallest absolute Gasteiger partial charge is 0.337 e. The molecule has 172 valence electrons. The van der Waals surface area contributed by atoms with Crippen LogP contribution in [0.15, 0.2) is 36.1 Å². The van der Waals surface area contributed by atoms with Crippen LogP contribution in [0.5, 0.6) is 0 Å². The van der Waals surface area contributed by atoms with Crippen molar-refractivity contribution in [3.05, 3.63) is 41.7 Å². The summed E-state index contributed by atoms with van der Waals surface area (Å²) in [5.41, 5.74) is 1.67. The topological polar surface area (TPSA) is 84.9 Å². The van der Waals surface area contributed by atoms with Crippen molar-refractivity contribution in [3.8, 4) is 0 Å². The average Bonchev–Trinajstić information content (AvgIpc) is 3.30. The predicted octanol–water partition coefficient (Wildman–Crippen LogP) is 3.05. The first kappa shape index (κ1) is 22.5. The van der Waals surface area contributed by atoms with Crippen LogP contribution in [-0.4, -0.2) is 55.4 Å². The fraction of sp³-hybridized carbons (Fsp3) is 0.560. The molecule has 2 fully saturated rings. The van der Waals surface area contributed by atoms with Gasteiger partial charge in [0, 0.05) is 30.7 Å². The molecule has 1 aromatic rings. The largest absolute Gasteiger partial charge is 0.504 e. The molecule has 5 atom stereocenters. The Kier molecular flexibility index (Phi) is 6.12. The van der Waals surface area contributed by atoms with Gasteiger partial charge in [0.1, 0.15) is 5.78 Å². The number of hydrogen-bond donors (Lipinski definition) is 1. The Labute approximate surface area is 189 Å². The number of fused-ring (bicyclic) bond motifs is 4. The minimum atomic E-state index is -0.684. The highest BCUT2D eigenvalue weighted by atomic mass is 16.5. The van der Waals surface area contributed by atoms with Gasteiger partial charge in [0.05, 0.1) is 31.5 Å². The number of benzene rings is 1. The normalized spacial score (nSPS) is 31.8. The van der Waals surface area contributed by atoms with Crippen molar-refractivity contribution in [2.45, 2.75) is 57.0 Å². The van der Waals surface area contributed by atoms with Gasteiger partial charge in [-0.15, -0.1) is 0 Å². The second-order valence-electron chi connectivity index (χ2n) is 9.16. The van der Waals surface area contributed by atoms with Crippen LogP contribution in [0.2, 0.25) is 0 Å². The third-order valence-corrected chi connectivity index (χ3v) is 7.74. The quantitative estimate of drug-likeness (QED) is 0.416. The fourth-order valence-corrected chi connectivity index (χ4v) is 6.50. The molecule has 0 bridgehead atoms. The Bertz CT molecular complexity index is 957. The molecule has 0 radical (unpaired) electrons. The zero-order chi connectivity index (χ0) is 23.0. The number of amides is 1. The monoisotopic (exact) mass is 440 g/mol. The van der Waals surface area contributed by atoms with E-state index in [0.29, 0.717) is 24.8 Å². The van der Waals surface area contributed by atoms with E-state index < -0.39 is 11.4 Å². The van der Waals surface area contributed by atoms with E-state index in [9.17, 15) is 14.4 Å². The number of carbonyl (C=O) groups is 3. The van der Waals surface area contributed by atoms with Gasteiger partial charge in [-0.25, -0.2) is 4.79 Å². The number of piperidine rings is 1. The molecule has 1 aromatic carbocycles. The lowest BCUT2D eigenvalue weighted by atomic mass is 9.65. The van der Waals surface area contributed by atoms with E-state index in [1.807, 2.05) is 24.3 Å². The van der Waals surface area contributed by atoms with Gasteiger partial charge < -0.3 is 14.8 Å². The SMILES string of the molecule is CC[C@@H]1[C@@H](/C(=C/OC)C(=O)OC)C[C@@H]2N(CC[C@]23C(=O)Nc2ccccc23)[C@H]1CC(C)=O. The molecule has 2 saturated heterocycles. The molecule has 7 nitrogen and oxygen atoms in total. The maximum absolute atomic E-state index is 13.4. The van der Waals surface area contributed by atoms with E-state index in [1.54, 1.807) is 6.92 Å². The summed E-state index contributed by atoms with van der Waals surface area (Å²) in [6.07, 6.45) is 3.99. The Morgan fingerprint density at radius 2 is 2.03 bits per heavy atom. The van der Waals surface area contributed by atoms with E-state index in [-0.39, 0.29) is 35.6 Å². The number of carbonyl (C=O) groups excluding carboxylic acids is 3. The molecule has 1 spiro atoms. The van der Waals surface area contributed by atoms with Crippen molar-refractivity contribution in [1.29, 1.82) is 0 Å². The molecule has 3 aliphatic heterocycles. The molecule has 3 heterocycles. The molecule has 1 amide bonds. The van der Waals surface area contributed by atoms with Gasteiger partial charge >= 0.3 is 5.97 Å². The summed E-state index contributed by atoms with van der Waals surface area (Å²) in [4.78, 5) is 40.8. The number of ketones is 1. The van der Waals surface area contributed by atoms with Crippen molar-refractivity contribution in [3.63, 3.8) is 0 Å². The molecular weight excluding hydrogens is 408 g/mol. The average molecular weight is 441 g/mol. The van der Waals surface area contributed by atoms with Gasteiger partial charge in [0.2, 0.25) is 5.91 Å². The number of methoxy groups -OCH3 is 2. The molecule has 0 unspecified atom stereocenters. The minimum Gasteiger partial charge on any atom is -0.504 e. The molecule has 4 rings (SSSR count). The van der Waals surface area contributed by atoms with Gasteiger partial charge in [0.15, 0.2) is 0 Å². The number of esters is 1. The van der Waals surface area contributed by atoms with E-state index in [1.165, 1.54) is 20.5 Å². The lowest BCUT2D eigenvalue weighted by molar-refractivity contribution is -0.137. The van der Waals surface area contributed by atoms with Crippen LogP contribution < -0.4 is 5.32 Å². The van der Waals surface area contributed by atoms with Crippen LogP contribution in [-0.2, 0) is 29.3 Å². The summed E-state index contributed by atoms with van der Waals surface area (Å²) in [7, 11) is 2.89. The number of nitrogens with one attached hydrogen (secondary N) is 1. The molecule has 3 aliphatic rings. The zero-order valence-electron chi connectivity index (χ0n) is 19.2. The van der Waals surface area contributed by atoms with Crippen LogP contribution in [0.3, 0.4) is 0 Å². The van der Waals surface area contributed by atoms with Crippen LogP contribution in [0.1, 0.15) is 45.1 Å². The fourth-order valence-electron chi connectivity index (χ4n) is 6.50. The van der Waals surface area contributed by atoms with E-state index in [2.05, 4.69) is 17.1 Å². The Balaban J connectivity index is 1.83. The van der Waals surface area contributed by atoms with Crippen LogP contribution in [0, 0.1) is 11.8 Å². The summed E-state index contributed by atoms with van der Waals surface area (Å²) in [6.45, 7) is 4.45. The number of rotatable bonds is 6. The zero-order valence-corrected chi connectivity index (χ0v) is 19.2. The van der Waals surface area contributed by atoms with E-state index in [0.717, 1.165) is 24.2 Å². The number of ether oxygens (including phenoxy) is 2.